The van der Waals surface area contributed by atoms with Gasteiger partial charge in [-0.05, 0) is 0 Å². The molecular weight excluding hydrogens is 260 g/mol. The summed E-state index contributed by atoms with van der Waals surface area (Å²) >= 11 is 0. The summed E-state index contributed by atoms with van der Waals surface area (Å²) in [5, 5.41) is 4.37. The highest BCUT2D eigenvalue weighted by Gasteiger charge is 2.27. The number of ether oxygens (including phenoxy) is 1. The maximum Gasteiger partial charge on any atom is 0.321 e. The molecule has 108 valence electrons. The lowest BCUT2D eigenvalue weighted by atomic mass is 10.1. The molecule has 3 amide bonds. The van der Waals surface area contributed by atoms with Gasteiger partial charge in [0.15, 0.2) is 0 Å². The number of benzene rings is 1. The van der Waals surface area contributed by atoms with Crippen molar-refractivity contribution in [3.63, 3.8) is 0 Å². The van der Waals surface area contributed by atoms with Crippen LogP contribution in [0.2, 0.25) is 0 Å². The summed E-state index contributed by atoms with van der Waals surface area (Å²) in [6.45, 7) is 3.34. The van der Waals surface area contributed by atoms with Crippen LogP contribution in [0.15, 0.2) is 30.3 Å². The number of urea groups is 1. The number of carbonyl (C=O) groups is 3. The van der Waals surface area contributed by atoms with E-state index in [0.29, 0.717) is 5.56 Å². The molecule has 0 aliphatic rings. The highest BCUT2D eigenvalue weighted by Crippen LogP contribution is 2.19. The second-order valence-corrected chi connectivity index (χ2v) is 4.45. The van der Waals surface area contributed by atoms with Gasteiger partial charge in [-0.1, -0.05) is 44.2 Å². The van der Waals surface area contributed by atoms with Crippen LogP contribution in [0.5, 0.6) is 0 Å². The lowest BCUT2D eigenvalue weighted by molar-refractivity contribution is -0.159. The highest BCUT2D eigenvalue weighted by atomic mass is 16.5. The zero-order valence-corrected chi connectivity index (χ0v) is 11.7. The van der Waals surface area contributed by atoms with E-state index in [0.717, 1.165) is 0 Å². The number of hydrogen-bond acceptors (Lipinski definition) is 4. The highest BCUT2D eigenvalue weighted by molar-refractivity contribution is 5.97. The average Bonchev–Trinajstić information content (AvgIpc) is 2.44. The van der Waals surface area contributed by atoms with Crippen molar-refractivity contribution in [3.8, 4) is 0 Å². The first-order valence-corrected chi connectivity index (χ1v) is 6.23. The van der Waals surface area contributed by atoms with E-state index in [-0.39, 0.29) is 5.92 Å². The number of esters is 1. The van der Waals surface area contributed by atoms with Crippen LogP contribution in [-0.2, 0) is 14.3 Å². The monoisotopic (exact) mass is 278 g/mol. The lowest BCUT2D eigenvalue weighted by Gasteiger charge is -2.18. The molecule has 0 fully saturated rings. The largest absolute Gasteiger partial charge is 0.447 e. The molecule has 0 heterocycles. The van der Waals surface area contributed by atoms with Gasteiger partial charge in [0.05, 0.1) is 5.92 Å². The van der Waals surface area contributed by atoms with E-state index in [1.54, 1.807) is 44.2 Å². The molecule has 1 aromatic rings. The first-order chi connectivity index (χ1) is 9.45. The van der Waals surface area contributed by atoms with Crippen LogP contribution in [-0.4, -0.2) is 25.0 Å². The molecule has 0 saturated carbocycles. The molecule has 0 aliphatic heterocycles. The molecule has 2 N–H and O–H groups in total. The van der Waals surface area contributed by atoms with Crippen molar-refractivity contribution in [3.05, 3.63) is 35.9 Å². The van der Waals surface area contributed by atoms with E-state index in [4.69, 9.17) is 4.74 Å². The van der Waals surface area contributed by atoms with Crippen molar-refractivity contribution in [1.82, 2.24) is 10.6 Å². The summed E-state index contributed by atoms with van der Waals surface area (Å²) in [6, 6.07) is 7.87. The van der Waals surface area contributed by atoms with Gasteiger partial charge in [0, 0.05) is 12.6 Å². The van der Waals surface area contributed by atoms with Crippen molar-refractivity contribution in [1.29, 1.82) is 0 Å². The fourth-order valence-corrected chi connectivity index (χ4v) is 1.39. The van der Waals surface area contributed by atoms with Gasteiger partial charge < -0.3 is 10.1 Å². The van der Waals surface area contributed by atoms with Crippen LogP contribution in [0.4, 0.5) is 4.79 Å². The fraction of sp³-hybridized carbons (Fsp3) is 0.357. The third-order valence-electron chi connectivity index (χ3n) is 2.51. The molecule has 0 unspecified atom stereocenters. The Morgan fingerprint density at radius 1 is 1.10 bits per heavy atom. The number of nitrogens with one attached hydrogen (secondary N) is 2. The molecule has 6 nitrogen and oxygen atoms in total. The average molecular weight is 278 g/mol. The van der Waals surface area contributed by atoms with Crippen molar-refractivity contribution in [2.24, 2.45) is 5.92 Å². The Morgan fingerprint density at radius 2 is 1.70 bits per heavy atom. The smallest absolute Gasteiger partial charge is 0.321 e. The lowest BCUT2D eigenvalue weighted by Crippen LogP contribution is -2.41. The van der Waals surface area contributed by atoms with Gasteiger partial charge in [0.2, 0.25) is 6.10 Å². The van der Waals surface area contributed by atoms with Gasteiger partial charge in [-0.15, -0.1) is 0 Å². The fourth-order valence-electron chi connectivity index (χ4n) is 1.39. The quantitative estimate of drug-likeness (QED) is 0.815. The molecule has 0 saturated heterocycles. The Hall–Kier alpha value is -2.37. The van der Waals surface area contributed by atoms with Gasteiger partial charge >= 0.3 is 12.0 Å². The maximum absolute atomic E-state index is 12.0. The van der Waals surface area contributed by atoms with Crippen LogP contribution in [0.1, 0.15) is 25.5 Å². The second kappa shape index (κ2) is 7.28. The van der Waals surface area contributed by atoms with Gasteiger partial charge in [0.25, 0.3) is 5.91 Å². The minimum absolute atomic E-state index is 0.367. The van der Waals surface area contributed by atoms with Gasteiger partial charge in [-0.25, -0.2) is 4.79 Å². The van der Waals surface area contributed by atoms with Crippen molar-refractivity contribution in [2.45, 2.75) is 20.0 Å². The van der Waals surface area contributed by atoms with Crippen molar-refractivity contribution in [2.75, 3.05) is 7.05 Å². The Kier molecular flexibility index (Phi) is 5.71. The summed E-state index contributed by atoms with van der Waals surface area (Å²) in [5.74, 6) is -1.57. The van der Waals surface area contributed by atoms with Crippen molar-refractivity contribution >= 4 is 17.9 Å². The summed E-state index contributed by atoms with van der Waals surface area (Å²) in [4.78, 5) is 34.9. The zero-order valence-electron chi connectivity index (χ0n) is 11.7. The molecule has 1 aromatic carbocycles. The third kappa shape index (κ3) is 4.38. The molecule has 1 rings (SSSR count). The van der Waals surface area contributed by atoms with Gasteiger partial charge in [-0.2, -0.15) is 0 Å². The Morgan fingerprint density at radius 3 is 2.20 bits per heavy atom. The first-order valence-electron chi connectivity index (χ1n) is 6.23. The molecule has 0 spiro atoms. The van der Waals surface area contributed by atoms with Crippen molar-refractivity contribution < 1.29 is 19.1 Å². The standard InChI is InChI=1S/C14H18N2O4/c1-9(2)13(18)20-11(10-7-5-4-6-8-10)12(17)16-14(19)15-3/h4-9,11H,1-3H3,(H2,15,16,17,19)/t11-/m0/s1. The van der Waals surface area contributed by atoms with E-state index >= 15 is 0 Å². The maximum atomic E-state index is 12.0. The number of imide groups is 1. The van der Waals surface area contributed by atoms with Crippen LogP contribution in [0.3, 0.4) is 0 Å². The number of rotatable bonds is 4. The molecule has 20 heavy (non-hydrogen) atoms. The minimum Gasteiger partial charge on any atom is -0.447 e. The number of carbonyl (C=O) groups excluding carboxylic acids is 3. The van der Waals surface area contributed by atoms with Crippen LogP contribution in [0.25, 0.3) is 0 Å². The molecular formula is C14H18N2O4. The Balaban J connectivity index is 2.93. The predicted octanol–water partition coefficient (Wildman–Crippen LogP) is 1.38. The molecule has 0 aromatic heterocycles. The second-order valence-electron chi connectivity index (χ2n) is 4.45. The van der Waals surface area contributed by atoms with Crippen LogP contribution in [0, 0.1) is 5.92 Å². The van der Waals surface area contributed by atoms with E-state index in [2.05, 4.69) is 10.6 Å². The predicted molar refractivity (Wildman–Crippen MR) is 72.7 cm³/mol. The van der Waals surface area contributed by atoms with E-state index < -0.39 is 24.0 Å². The summed E-state index contributed by atoms with van der Waals surface area (Å²) in [6.07, 6.45) is -1.15. The van der Waals surface area contributed by atoms with E-state index in [9.17, 15) is 14.4 Å². The zero-order chi connectivity index (χ0) is 15.1. The summed E-state index contributed by atoms with van der Waals surface area (Å²) in [5.41, 5.74) is 0.503. The van der Waals surface area contributed by atoms with Crippen LogP contribution >= 0.6 is 0 Å². The van der Waals surface area contributed by atoms with Gasteiger partial charge in [0.1, 0.15) is 0 Å². The number of amides is 3. The normalized spacial score (nSPS) is 11.6. The van der Waals surface area contributed by atoms with Crippen LogP contribution < -0.4 is 10.6 Å². The summed E-state index contributed by atoms with van der Waals surface area (Å²) < 4.78 is 5.17. The molecule has 0 bridgehead atoms. The first kappa shape index (κ1) is 15.7. The van der Waals surface area contributed by atoms with Gasteiger partial charge in [-0.3, -0.25) is 14.9 Å². The topological polar surface area (TPSA) is 84.5 Å². The SMILES string of the molecule is CNC(=O)NC(=O)[C@@H](OC(=O)C(C)C)c1ccccc1. The minimum atomic E-state index is -1.15. The molecule has 0 aliphatic carbocycles. The Labute approximate surface area is 117 Å². The van der Waals surface area contributed by atoms with E-state index in [1.807, 2.05) is 0 Å². The number of hydrogen-bond donors (Lipinski definition) is 2. The summed E-state index contributed by atoms with van der Waals surface area (Å²) in [7, 11) is 1.39. The molecule has 0 radical (unpaired) electrons. The Bertz CT molecular complexity index is 485. The third-order valence-corrected chi connectivity index (χ3v) is 2.51. The van der Waals surface area contributed by atoms with E-state index in [1.165, 1.54) is 7.05 Å². The molecule has 6 heteroatoms. The molecule has 1 atom stereocenters.